The highest BCUT2D eigenvalue weighted by molar-refractivity contribution is 6.32. The third-order valence-corrected chi connectivity index (χ3v) is 2.46. The molecule has 1 heterocycles. The molecule has 2 unspecified atom stereocenters. The van der Waals surface area contributed by atoms with E-state index in [1.54, 1.807) is 18.3 Å². The predicted molar refractivity (Wildman–Crippen MR) is 60.3 cm³/mol. The molecule has 1 aliphatic carbocycles. The number of carbonyl (C=O) groups excluding carboxylic acids is 1. The van der Waals surface area contributed by atoms with Crippen molar-refractivity contribution in [3.8, 4) is 0 Å². The number of amides is 1. The number of rotatable bonds is 2. The third kappa shape index (κ3) is 2.81. The Balaban J connectivity index is 0.00000112. The minimum Gasteiger partial charge on any atom is -0.348 e. The zero-order chi connectivity index (χ0) is 10.1. The van der Waals surface area contributed by atoms with Crippen molar-refractivity contribution in [1.29, 1.82) is 0 Å². The first-order chi connectivity index (χ1) is 6.68. The van der Waals surface area contributed by atoms with E-state index < -0.39 is 0 Å². The highest BCUT2D eigenvalue weighted by atomic mass is 35.5. The summed E-state index contributed by atoms with van der Waals surface area (Å²) in [6, 6.07) is 3.50. The molecule has 0 bridgehead atoms. The van der Waals surface area contributed by atoms with Gasteiger partial charge in [-0.1, -0.05) is 11.6 Å². The molecule has 4 nitrogen and oxygen atoms in total. The Hall–Kier alpha value is -0.840. The number of pyridine rings is 1. The highest BCUT2D eigenvalue weighted by Gasteiger charge is 2.35. The molecule has 2 rings (SSSR count). The van der Waals surface area contributed by atoms with E-state index >= 15 is 0 Å². The summed E-state index contributed by atoms with van der Waals surface area (Å²) in [6.07, 6.45) is 2.38. The fourth-order valence-electron chi connectivity index (χ4n) is 1.18. The van der Waals surface area contributed by atoms with Gasteiger partial charge in [-0.15, -0.1) is 12.4 Å². The SMILES string of the molecule is Cl.NC1CC1NC(=O)c1cccnc1Cl. The van der Waals surface area contributed by atoms with Gasteiger partial charge in [0.15, 0.2) is 0 Å². The Morgan fingerprint density at radius 2 is 2.33 bits per heavy atom. The fraction of sp³-hybridized carbons (Fsp3) is 0.333. The summed E-state index contributed by atoms with van der Waals surface area (Å²) in [5.74, 6) is -0.207. The van der Waals surface area contributed by atoms with Gasteiger partial charge in [-0.25, -0.2) is 4.98 Å². The number of nitrogens with two attached hydrogens (primary N) is 1. The summed E-state index contributed by atoms with van der Waals surface area (Å²) in [6.45, 7) is 0. The maximum atomic E-state index is 11.6. The zero-order valence-corrected chi connectivity index (χ0v) is 9.39. The molecular weight excluding hydrogens is 237 g/mol. The van der Waals surface area contributed by atoms with E-state index in [0.29, 0.717) is 5.56 Å². The Kier molecular flexibility index (Phi) is 3.90. The molecule has 0 saturated heterocycles. The normalized spacial score (nSPS) is 22.8. The van der Waals surface area contributed by atoms with Crippen LogP contribution >= 0.6 is 24.0 Å². The minimum absolute atomic E-state index is 0. The monoisotopic (exact) mass is 247 g/mol. The number of nitrogens with zero attached hydrogens (tertiary/aromatic N) is 1. The second-order valence-corrected chi connectivity index (χ2v) is 3.68. The average molecular weight is 248 g/mol. The summed E-state index contributed by atoms with van der Waals surface area (Å²) in [7, 11) is 0. The second kappa shape index (κ2) is 4.79. The van der Waals surface area contributed by atoms with Crippen LogP contribution in [0.3, 0.4) is 0 Å². The van der Waals surface area contributed by atoms with Crippen LogP contribution in [0.2, 0.25) is 5.15 Å². The van der Waals surface area contributed by atoms with Gasteiger partial charge in [-0.05, 0) is 18.6 Å². The summed E-state index contributed by atoms with van der Waals surface area (Å²) < 4.78 is 0. The molecule has 1 aliphatic rings. The van der Waals surface area contributed by atoms with E-state index in [-0.39, 0.29) is 35.6 Å². The molecular formula is C9H11Cl2N3O. The van der Waals surface area contributed by atoms with Crippen LogP contribution in [-0.4, -0.2) is 23.0 Å². The second-order valence-electron chi connectivity index (χ2n) is 3.32. The largest absolute Gasteiger partial charge is 0.348 e. The molecule has 3 N–H and O–H groups in total. The van der Waals surface area contributed by atoms with E-state index in [4.69, 9.17) is 17.3 Å². The predicted octanol–water partition coefficient (Wildman–Crippen LogP) is 0.986. The van der Waals surface area contributed by atoms with Crippen molar-refractivity contribution in [1.82, 2.24) is 10.3 Å². The van der Waals surface area contributed by atoms with E-state index in [0.717, 1.165) is 6.42 Å². The van der Waals surface area contributed by atoms with Crippen molar-refractivity contribution >= 4 is 29.9 Å². The molecule has 0 aliphatic heterocycles. The summed E-state index contributed by atoms with van der Waals surface area (Å²) in [5, 5.41) is 2.99. The maximum Gasteiger partial charge on any atom is 0.254 e. The van der Waals surface area contributed by atoms with Crippen molar-refractivity contribution in [3.05, 3.63) is 29.0 Å². The van der Waals surface area contributed by atoms with Gasteiger partial charge in [0.25, 0.3) is 5.91 Å². The molecule has 1 aromatic heterocycles. The Morgan fingerprint density at radius 1 is 1.67 bits per heavy atom. The highest BCUT2D eigenvalue weighted by Crippen LogP contribution is 2.19. The average Bonchev–Trinajstić information content (AvgIpc) is 2.82. The van der Waals surface area contributed by atoms with Crippen LogP contribution < -0.4 is 11.1 Å². The molecule has 1 fully saturated rings. The molecule has 1 aromatic rings. The van der Waals surface area contributed by atoms with Gasteiger partial charge >= 0.3 is 0 Å². The van der Waals surface area contributed by atoms with Crippen molar-refractivity contribution in [2.24, 2.45) is 5.73 Å². The summed E-state index contributed by atoms with van der Waals surface area (Å²) in [4.78, 5) is 15.4. The van der Waals surface area contributed by atoms with Crippen molar-refractivity contribution < 1.29 is 4.79 Å². The van der Waals surface area contributed by atoms with Crippen LogP contribution in [0.4, 0.5) is 0 Å². The maximum absolute atomic E-state index is 11.6. The first-order valence-electron chi connectivity index (χ1n) is 4.35. The Labute approximate surface area is 98.6 Å². The van der Waals surface area contributed by atoms with Crippen LogP contribution in [0, 0.1) is 0 Å². The lowest BCUT2D eigenvalue weighted by Crippen LogP contribution is -2.29. The molecule has 0 spiro atoms. The van der Waals surface area contributed by atoms with E-state index in [1.165, 1.54) is 0 Å². The number of aromatic nitrogens is 1. The molecule has 6 heteroatoms. The third-order valence-electron chi connectivity index (χ3n) is 2.16. The van der Waals surface area contributed by atoms with Crippen molar-refractivity contribution in [3.63, 3.8) is 0 Å². The number of nitrogens with one attached hydrogen (secondary N) is 1. The lowest BCUT2D eigenvalue weighted by atomic mass is 10.2. The van der Waals surface area contributed by atoms with Crippen LogP contribution in [0.5, 0.6) is 0 Å². The van der Waals surface area contributed by atoms with E-state index in [9.17, 15) is 4.79 Å². The molecule has 1 amide bonds. The molecule has 0 aromatic carbocycles. The Bertz CT molecular complexity index is 372. The van der Waals surface area contributed by atoms with E-state index in [2.05, 4.69) is 10.3 Å². The van der Waals surface area contributed by atoms with Gasteiger partial charge in [0.05, 0.1) is 5.56 Å². The molecule has 0 radical (unpaired) electrons. The summed E-state index contributed by atoms with van der Waals surface area (Å²) >= 11 is 5.76. The topological polar surface area (TPSA) is 68.0 Å². The van der Waals surface area contributed by atoms with Gasteiger partial charge in [0.1, 0.15) is 5.15 Å². The van der Waals surface area contributed by atoms with Gasteiger partial charge in [0, 0.05) is 18.3 Å². The molecule has 1 saturated carbocycles. The van der Waals surface area contributed by atoms with Gasteiger partial charge < -0.3 is 11.1 Å². The molecule has 2 atom stereocenters. The minimum atomic E-state index is -0.207. The molecule has 82 valence electrons. The van der Waals surface area contributed by atoms with E-state index in [1.807, 2.05) is 0 Å². The van der Waals surface area contributed by atoms with Crippen LogP contribution in [0.15, 0.2) is 18.3 Å². The van der Waals surface area contributed by atoms with Gasteiger partial charge in [-0.2, -0.15) is 0 Å². The van der Waals surface area contributed by atoms with Gasteiger partial charge in [0.2, 0.25) is 0 Å². The van der Waals surface area contributed by atoms with Crippen LogP contribution in [0.25, 0.3) is 0 Å². The number of hydrogen-bond donors (Lipinski definition) is 2. The molecule has 15 heavy (non-hydrogen) atoms. The first kappa shape index (κ1) is 12.2. The Morgan fingerprint density at radius 3 is 2.87 bits per heavy atom. The van der Waals surface area contributed by atoms with Crippen molar-refractivity contribution in [2.45, 2.75) is 18.5 Å². The fourth-order valence-corrected chi connectivity index (χ4v) is 1.39. The lowest BCUT2D eigenvalue weighted by Gasteiger charge is -2.04. The number of hydrogen-bond acceptors (Lipinski definition) is 3. The standard InChI is InChI=1S/C9H10ClN3O.ClH/c10-8-5(2-1-3-12-8)9(14)13-7-4-6(7)11;/h1-3,6-7H,4,11H2,(H,13,14);1H. The first-order valence-corrected chi connectivity index (χ1v) is 4.73. The number of carbonyl (C=O) groups is 1. The quantitative estimate of drug-likeness (QED) is 0.767. The lowest BCUT2D eigenvalue weighted by molar-refractivity contribution is 0.0950. The van der Waals surface area contributed by atoms with Gasteiger partial charge in [-0.3, -0.25) is 4.79 Å². The smallest absolute Gasteiger partial charge is 0.254 e. The van der Waals surface area contributed by atoms with Crippen LogP contribution in [-0.2, 0) is 0 Å². The number of halogens is 2. The zero-order valence-electron chi connectivity index (χ0n) is 7.81. The van der Waals surface area contributed by atoms with Crippen LogP contribution in [0.1, 0.15) is 16.8 Å². The summed E-state index contributed by atoms with van der Waals surface area (Å²) in [5.41, 5.74) is 5.96. The van der Waals surface area contributed by atoms with Crippen molar-refractivity contribution in [2.75, 3.05) is 0 Å².